The lowest BCUT2D eigenvalue weighted by Gasteiger charge is -2.44. The molecule has 0 bridgehead atoms. The highest BCUT2D eigenvalue weighted by Gasteiger charge is 2.48. The number of rotatable bonds is 14. The topological polar surface area (TPSA) is 68.2 Å². The summed E-state index contributed by atoms with van der Waals surface area (Å²) in [6.07, 6.45) is 0.236. The lowest BCUT2D eigenvalue weighted by Crippen LogP contribution is -2.47. The van der Waals surface area contributed by atoms with E-state index in [0.29, 0.717) is 34.1 Å². The van der Waals surface area contributed by atoms with Crippen LogP contribution in [-0.2, 0) is 27.1 Å². The third kappa shape index (κ3) is 8.76. The molecule has 51 heavy (non-hydrogen) atoms. The van der Waals surface area contributed by atoms with Gasteiger partial charge >= 0.3 is 0 Å². The van der Waals surface area contributed by atoms with Gasteiger partial charge in [-0.2, -0.15) is 0 Å². The molecule has 2 atom stereocenters. The molecule has 0 spiro atoms. The molecule has 6 rings (SSSR count). The van der Waals surface area contributed by atoms with Gasteiger partial charge in [0.1, 0.15) is 23.0 Å². The minimum Gasteiger partial charge on any atom is -0.457 e. The van der Waals surface area contributed by atoms with Crippen molar-refractivity contribution < 1.29 is 24.4 Å². The maximum absolute atomic E-state index is 13.1. The van der Waals surface area contributed by atoms with Crippen LogP contribution < -0.4 is 9.47 Å². The van der Waals surface area contributed by atoms with E-state index in [1.807, 2.05) is 158 Å². The molecule has 0 amide bonds. The van der Waals surface area contributed by atoms with Crippen LogP contribution in [0.5, 0.6) is 23.0 Å². The van der Waals surface area contributed by atoms with Crippen LogP contribution in [0.4, 0.5) is 0 Å². The number of ether oxygens (including phenoxy) is 3. The van der Waals surface area contributed by atoms with E-state index in [4.69, 9.17) is 14.2 Å². The Kier molecular flexibility index (Phi) is 10.4. The minimum atomic E-state index is -1.99. The van der Waals surface area contributed by atoms with Crippen molar-refractivity contribution in [3.8, 4) is 23.0 Å². The fourth-order valence-electron chi connectivity index (χ4n) is 6.71. The summed E-state index contributed by atoms with van der Waals surface area (Å²) in [5, 5.41) is 26.1. The van der Waals surface area contributed by atoms with Crippen LogP contribution in [0.1, 0.15) is 62.8 Å². The van der Waals surface area contributed by atoms with Crippen LogP contribution in [0.3, 0.4) is 0 Å². The van der Waals surface area contributed by atoms with E-state index < -0.39 is 22.4 Å². The summed E-state index contributed by atoms with van der Waals surface area (Å²) < 4.78 is 19.3. The first-order chi connectivity index (χ1) is 24.4. The monoisotopic (exact) mass is 678 g/mol. The highest BCUT2D eigenvalue weighted by Crippen LogP contribution is 2.47. The van der Waals surface area contributed by atoms with E-state index in [1.54, 1.807) is 12.1 Å². The Hall–Kier alpha value is -5.20. The zero-order valence-electron chi connectivity index (χ0n) is 29.7. The molecule has 0 saturated heterocycles. The molecule has 5 nitrogen and oxygen atoms in total. The summed E-state index contributed by atoms with van der Waals surface area (Å²) in [5.41, 5.74) is 1.78. The van der Waals surface area contributed by atoms with Crippen molar-refractivity contribution in [3.63, 3.8) is 0 Å². The molecule has 0 aliphatic heterocycles. The van der Waals surface area contributed by atoms with Crippen molar-refractivity contribution >= 4 is 0 Å². The average molecular weight is 679 g/mol. The Morgan fingerprint density at radius 2 is 0.667 bits per heavy atom. The molecule has 0 aliphatic rings. The largest absolute Gasteiger partial charge is 0.457 e. The molecule has 5 heteroatoms. The van der Waals surface area contributed by atoms with Crippen LogP contribution >= 0.6 is 0 Å². The normalized spacial score (nSPS) is 14.2. The van der Waals surface area contributed by atoms with E-state index in [1.165, 1.54) is 0 Å². The summed E-state index contributed by atoms with van der Waals surface area (Å²) >= 11 is 0. The lowest BCUT2D eigenvalue weighted by atomic mass is 9.75. The molecule has 0 aliphatic carbocycles. The Morgan fingerprint density at radius 1 is 0.373 bits per heavy atom. The summed E-state index contributed by atoms with van der Waals surface area (Å²) in [7, 11) is 0. The first kappa shape index (κ1) is 35.6. The van der Waals surface area contributed by atoms with Crippen molar-refractivity contribution in [2.24, 2.45) is 0 Å². The van der Waals surface area contributed by atoms with Crippen LogP contribution in [-0.4, -0.2) is 10.2 Å². The molecule has 2 unspecified atom stereocenters. The van der Waals surface area contributed by atoms with Crippen LogP contribution in [0.15, 0.2) is 170 Å². The smallest absolute Gasteiger partial charge is 0.196 e. The van der Waals surface area contributed by atoms with Crippen LogP contribution in [0.25, 0.3) is 0 Å². The highest BCUT2D eigenvalue weighted by molar-refractivity contribution is 5.39. The Labute approximate surface area is 301 Å². The van der Waals surface area contributed by atoms with Crippen LogP contribution in [0.2, 0.25) is 0 Å². The fourth-order valence-corrected chi connectivity index (χ4v) is 6.71. The molecule has 0 heterocycles. The molecular weight excluding hydrogens is 633 g/mol. The quantitative estimate of drug-likeness (QED) is 0.112. The van der Waals surface area contributed by atoms with Crippen molar-refractivity contribution in [3.05, 3.63) is 192 Å². The van der Waals surface area contributed by atoms with Gasteiger partial charge in [-0.05, 0) is 70.5 Å². The van der Waals surface area contributed by atoms with Gasteiger partial charge in [0.2, 0.25) is 0 Å². The highest BCUT2D eigenvalue weighted by atomic mass is 16.7. The van der Waals surface area contributed by atoms with E-state index in [0.717, 1.165) is 11.1 Å². The van der Waals surface area contributed by atoms with Crippen molar-refractivity contribution in [1.82, 2.24) is 0 Å². The number of para-hydroxylation sites is 2. The molecule has 0 aromatic heterocycles. The zero-order valence-corrected chi connectivity index (χ0v) is 29.7. The standard InChI is InChI=1S/C46H46O5/c1-43(2,35-19-9-5-10-20-35)33-45(47,37-23-17-29-41(31-37)49-39-25-13-7-14-26-39)51-46(48,34-44(3,4)36-21-11-6-12-22-36)38-24-18-30-42(32-38)50-40-27-15-8-16-28-40/h5-32,47-48H,33-34H2,1-4H3. The molecule has 6 aromatic rings. The maximum atomic E-state index is 13.1. The average Bonchev–Trinajstić information content (AvgIpc) is 3.13. The Bertz CT molecular complexity index is 1850. The van der Waals surface area contributed by atoms with Crippen molar-refractivity contribution in [1.29, 1.82) is 0 Å². The molecule has 260 valence electrons. The first-order valence-corrected chi connectivity index (χ1v) is 17.4. The lowest BCUT2D eigenvalue weighted by molar-refractivity contribution is -0.360. The van der Waals surface area contributed by atoms with Gasteiger partial charge < -0.3 is 24.4 Å². The summed E-state index contributed by atoms with van der Waals surface area (Å²) in [6.45, 7) is 8.29. The van der Waals surface area contributed by atoms with Gasteiger partial charge in [-0.3, -0.25) is 0 Å². The predicted octanol–water partition coefficient (Wildman–Crippen LogP) is 11.0. The molecule has 0 saturated carbocycles. The van der Waals surface area contributed by atoms with Gasteiger partial charge in [0.15, 0.2) is 11.6 Å². The predicted molar refractivity (Wildman–Crippen MR) is 203 cm³/mol. The molecule has 0 radical (unpaired) electrons. The van der Waals surface area contributed by atoms with Crippen molar-refractivity contribution in [2.45, 2.75) is 62.9 Å². The third-order valence-corrected chi connectivity index (χ3v) is 9.34. The second kappa shape index (κ2) is 15.0. The van der Waals surface area contributed by atoms with Crippen LogP contribution in [0, 0.1) is 0 Å². The van der Waals surface area contributed by atoms with Crippen molar-refractivity contribution in [2.75, 3.05) is 0 Å². The van der Waals surface area contributed by atoms with Gasteiger partial charge in [0.05, 0.1) is 0 Å². The van der Waals surface area contributed by atoms with Gasteiger partial charge in [0, 0.05) is 24.0 Å². The number of aliphatic hydroxyl groups is 2. The number of benzene rings is 6. The fraction of sp³-hybridized carbons (Fsp3) is 0.217. The number of hydrogen-bond donors (Lipinski definition) is 2. The van der Waals surface area contributed by atoms with Gasteiger partial charge in [-0.15, -0.1) is 0 Å². The Morgan fingerprint density at radius 3 is 1.02 bits per heavy atom. The molecule has 6 aromatic carbocycles. The van der Waals surface area contributed by atoms with E-state index in [9.17, 15) is 10.2 Å². The van der Waals surface area contributed by atoms with Gasteiger partial charge in [-0.25, -0.2) is 0 Å². The SMILES string of the molecule is CC(C)(CC(O)(OC(O)(CC(C)(C)c1ccccc1)c1cccc(Oc2ccccc2)c1)c1cccc(Oc2ccccc2)c1)c1ccccc1. The summed E-state index contributed by atoms with van der Waals surface area (Å²) in [6, 6.07) is 53.6. The Balaban J connectivity index is 1.47. The second-order valence-corrected chi connectivity index (χ2v) is 14.4. The molecular formula is C46H46O5. The molecule has 2 N–H and O–H groups in total. The second-order valence-electron chi connectivity index (χ2n) is 14.4. The summed E-state index contributed by atoms with van der Waals surface area (Å²) in [4.78, 5) is 0. The summed E-state index contributed by atoms with van der Waals surface area (Å²) in [5.74, 6) is -1.59. The van der Waals surface area contributed by atoms with Gasteiger partial charge in [0.25, 0.3) is 0 Å². The third-order valence-electron chi connectivity index (χ3n) is 9.34. The number of hydrogen-bond acceptors (Lipinski definition) is 5. The van der Waals surface area contributed by atoms with E-state index in [2.05, 4.69) is 27.7 Å². The first-order valence-electron chi connectivity index (χ1n) is 17.4. The zero-order chi connectivity index (χ0) is 36.0. The maximum Gasteiger partial charge on any atom is 0.196 e. The van der Waals surface area contributed by atoms with Gasteiger partial charge in [-0.1, -0.05) is 149 Å². The van der Waals surface area contributed by atoms with E-state index >= 15 is 0 Å². The van der Waals surface area contributed by atoms with E-state index in [-0.39, 0.29) is 12.8 Å². The molecule has 0 fully saturated rings. The minimum absolute atomic E-state index is 0.118.